The molecule has 1 aliphatic rings. The van der Waals surface area contributed by atoms with E-state index < -0.39 is 5.60 Å². The highest BCUT2D eigenvalue weighted by atomic mass is 16.6. The van der Waals surface area contributed by atoms with Crippen LogP contribution in [0.5, 0.6) is 0 Å². The van der Waals surface area contributed by atoms with E-state index in [9.17, 15) is 4.79 Å². The molecule has 4 heteroatoms. The summed E-state index contributed by atoms with van der Waals surface area (Å²) >= 11 is 0. The van der Waals surface area contributed by atoms with Crippen LogP contribution in [-0.2, 0) is 4.74 Å². The summed E-state index contributed by atoms with van der Waals surface area (Å²) in [6.07, 6.45) is 3.15. The molecule has 1 saturated heterocycles. The Morgan fingerprint density at radius 2 is 1.88 bits per heavy atom. The maximum Gasteiger partial charge on any atom is 0.407 e. The normalized spacial score (nSPS) is 18.4. The van der Waals surface area contributed by atoms with E-state index in [0.29, 0.717) is 24.3 Å². The molecule has 0 aliphatic carbocycles. The number of rotatable bonds is 6. The molecule has 0 unspecified atom stereocenters. The molecule has 0 saturated carbocycles. The standard InChI is InChI=1S/C21H34N2O2/c1-16(17-8-6-5-7-9-17)14-19(18-10-12-22-13-11-18)15-23-20(24)25-21(2,3)4/h5-9,16,18-19,22H,10-15H2,1-4H3,(H,23,24)/t16-,19-/m0/s1. The van der Waals surface area contributed by atoms with E-state index in [4.69, 9.17) is 4.74 Å². The van der Waals surface area contributed by atoms with Crippen LogP contribution in [0.25, 0.3) is 0 Å². The predicted octanol–water partition coefficient (Wildman–Crippen LogP) is 4.32. The summed E-state index contributed by atoms with van der Waals surface area (Å²) in [5, 5.41) is 6.45. The van der Waals surface area contributed by atoms with Gasteiger partial charge in [-0.3, -0.25) is 0 Å². The first kappa shape index (κ1) is 19.8. The molecular formula is C21H34N2O2. The number of benzene rings is 1. The molecule has 0 aromatic heterocycles. The van der Waals surface area contributed by atoms with Crippen LogP contribution < -0.4 is 10.6 Å². The number of nitrogens with one attached hydrogen (secondary N) is 2. The van der Waals surface area contributed by atoms with E-state index in [-0.39, 0.29) is 6.09 Å². The van der Waals surface area contributed by atoms with Gasteiger partial charge >= 0.3 is 6.09 Å². The topological polar surface area (TPSA) is 50.4 Å². The van der Waals surface area contributed by atoms with Crippen LogP contribution in [-0.4, -0.2) is 31.3 Å². The van der Waals surface area contributed by atoms with Crippen molar-refractivity contribution in [2.75, 3.05) is 19.6 Å². The number of hydrogen-bond donors (Lipinski definition) is 2. The lowest BCUT2D eigenvalue weighted by atomic mass is 9.78. The van der Waals surface area contributed by atoms with Crippen molar-refractivity contribution in [3.8, 4) is 0 Å². The summed E-state index contributed by atoms with van der Waals surface area (Å²) in [6, 6.07) is 10.7. The van der Waals surface area contributed by atoms with E-state index in [0.717, 1.165) is 19.5 Å². The van der Waals surface area contributed by atoms with Crippen LogP contribution in [0.15, 0.2) is 30.3 Å². The Hall–Kier alpha value is -1.55. The van der Waals surface area contributed by atoms with Crippen LogP contribution >= 0.6 is 0 Å². The number of carbonyl (C=O) groups is 1. The first-order chi connectivity index (χ1) is 11.8. The van der Waals surface area contributed by atoms with Crippen LogP contribution in [0, 0.1) is 11.8 Å². The van der Waals surface area contributed by atoms with Crippen molar-refractivity contribution in [2.24, 2.45) is 11.8 Å². The number of carbonyl (C=O) groups excluding carboxylic acids is 1. The predicted molar refractivity (Wildman–Crippen MR) is 103 cm³/mol. The van der Waals surface area contributed by atoms with Gasteiger partial charge in [0.05, 0.1) is 0 Å². The first-order valence-corrected chi connectivity index (χ1v) is 9.57. The Morgan fingerprint density at radius 3 is 2.48 bits per heavy atom. The van der Waals surface area contributed by atoms with E-state index in [1.807, 2.05) is 20.8 Å². The summed E-state index contributed by atoms with van der Waals surface area (Å²) in [7, 11) is 0. The fourth-order valence-corrected chi connectivity index (χ4v) is 3.66. The van der Waals surface area contributed by atoms with Gasteiger partial charge in [0.1, 0.15) is 5.60 Å². The third-order valence-electron chi connectivity index (χ3n) is 4.98. The molecule has 2 atom stereocenters. The van der Waals surface area contributed by atoms with Gasteiger partial charge in [0.15, 0.2) is 0 Å². The third-order valence-corrected chi connectivity index (χ3v) is 4.98. The van der Waals surface area contributed by atoms with Gasteiger partial charge in [-0.25, -0.2) is 4.79 Å². The molecule has 2 rings (SSSR count). The summed E-state index contributed by atoms with van der Waals surface area (Å²) in [6.45, 7) is 10.8. The molecule has 0 bridgehead atoms. The van der Waals surface area contributed by atoms with Gasteiger partial charge in [-0.15, -0.1) is 0 Å². The number of hydrogen-bond acceptors (Lipinski definition) is 3. The minimum atomic E-state index is -0.453. The van der Waals surface area contributed by atoms with E-state index in [2.05, 4.69) is 47.9 Å². The Balaban J connectivity index is 1.96. The molecule has 1 amide bonds. The van der Waals surface area contributed by atoms with Crippen molar-refractivity contribution in [1.82, 2.24) is 10.6 Å². The first-order valence-electron chi connectivity index (χ1n) is 9.57. The zero-order valence-corrected chi connectivity index (χ0v) is 16.2. The quantitative estimate of drug-likeness (QED) is 0.806. The number of alkyl carbamates (subject to hydrolysis) is 1. The number of piperidine rings is 1. The number of ether oxygens (including phenoxy) is 1. The van der Waals surface area contributed by atoms with Gasteiger partial charge < -0.3 is 15.4 Å². The molecule has 0 spiro atoms. The maximum atomic E-state index is 12.1. The molecule has 1 heterocycles. The average molecular weight is 347 g/mol. The molecule has 140 valence electrons. The molecule has 0 radical (unpaired) electrons. The van der Waals surface area contributed by atoms with Crippen LogP contribution in [0.1, 0.15) is 58.4 Å². The summed E-state index contributed by atoms with van der Waals surface area (Å²) in [5.74, 6) is 1.62. The minimum Gasteiger partial charge on any atom is -0.444 e. The second kappa shape index (κ2) is 9.23. The SMILES string of the molecule is C[C@@H](C[C@@H](CNC(=O)OC(C)(C)C)C1CCNCC1)c1ccccc1. The largest absolute Gasteiger partial charge is 0.444 e. The van der Waals surface area contributed by atoms with Crippen molar-refractivity contribution in [1.29, 1.82) is 0 Å². The van der Waals surface area contributed by atoms with E-state index >= 15 is 0 Å². The zero-order chi connectivity index (χ0) is 18.3. The van der Waals surface area contributed by atoms with Gasteiger partial charge in [0, 0.05) is 6.54 Å². The molecule has 1 fully saturated rings. The van der Waals surface area contributed by atoms with Gasteiger partial charge in [-0.1, -0.05) is 37.3 Å². The monoisotopic (exact) mass is 346 g/mol. The Morgan fingerprint density at radius 1 is 1.24 bits per heavy atom. The maximum absolute atomic E-state index is 12.1. The summed E-state index contributed by atoms with van der Waals surface area (Å²) < 4.78 is 5.40. The fraction of sp³-hybridized carbons (Fsp3) is 0.667. The average Bonchev–Trinajstić information content (AvgIpc) is 2.58. The fourth-order valence-electron chi connectivity index (χ4n) is 3.66. The highest BCUT2D eigenvalue weighted by molar-refractivity contribution is 5.67. The Labute approximate surface area is 152 Å². The summed E-state index contributed by atoms with van der Waals surface area (Å²) in [4.78, 5) is 12.1. The molecule has 1 aliphatic heterocycles. The van der Waals surface area contributed by atoms with E-state index in [1.54, 1.807) is 0 Å². The molecule has 2 N–H and O–H groups in total. The van der Waals surface area contributed by atoms with Crippen LogP contribution in [0.3, 0.4) is 0 Å². The van der Waals surface area contributed by atoms with Crippen molar-refractivity contribution >= 4 is 6.09 Å². The second-order valence-electron chi connectivity index (χ2n) is 8.28. The van der Waals surface area contributed by atoms with Crippen molar-refractivity contribution in [2.45, 2.75) is 58.5 Å². The molecule has 1 aromatic carbocycles. The highest BCUT2D eigenvalue weighted by Gasteiger charge is 2.27. The summed E-state index contributed by atoms with van der Waals surface area (Å²) in [5.41, 5.74) is 0.921. The van der Waals surface area contributed by atoms with Gasteiger partial charge in [-0.05, 0) is 76.4 Å². The van der Waals surface area contributed by atoms with Crippen LogP contribution in [0.2, 0.25) is 0 Å². The van der Waals surface area contributed by atoms with Gasteiger partial charge in [-0.2, -0.15) is 0 Å². The molecule has 25 heavy (non-hydrogen) atoms. The lowest BCUT2D eigenvalue weighted by Gasteiger charge is -2.33. The van der Waals surface area contributed by atoms with Crippen LogP contribution in [0.4, 0.5) is 4.79 Å². The third kappa shape index (κ3) is 7.07. The van der Waals surface area contributed by atoms with Gasteiger partial charge in [0.2, 0.25) is 0 Å². The van der Waals surface area contributed by atoms with Crippen molar-refractivity contribution in [3.63, 3.8) is 0 Å². The minimum absolute atomic E-state index is 0.307. The highest BCUT2D eigenvalue weighted by Crippen LogP contribution is 2.31. The Kier molecular flexibility index (Phi) is 7.30. The van der Waals surface area contributed by atoms with Crippen molar-refractivity contribution < 1.29 is 9.53 Å². The lowest BCUT2D eigenvalue weighted by Crippen LogP contribution is -2.40. The lowest BCUT2D eigenvalue weighted by molar-refractivity contribution is 0.0507. The molecule has 1 aromatic rings. The van der Waals surface area contributed by atoms with E-state index in [1.165, 1.54) is 18.4 Å². The number of amides is 1. The molecular weight excluding hydrogens is 312 g/mol. The zero-order valence-electron chi connectivity index (χ0n) is 16.2. The Bertz CT molecular complexity index is 518. The van der Waals surface area contributed by atoms with Gasteiger partial charge in [0.25, 0.3) is 0 Å². The molecule has 4 nitrogen and oxygen atoms in total. The smallest absolute Gasteiger partial charge is 0.407 e. The second-order valence-corrected chi connectivity index (χ2v) is 8.28. The van der Waals surface area contributed by atoms with Crippen molar-refractivity contribution in [3.05, 3.63) is 35.9 Å².